The van der Waals surface area contributed by atoms with Gasteiger partial charge >= 0.3 is 0 Å². The zero-order valence-electron chi connectivity index (χ0n) is 10.7. The van der Waals surface area contributed by atoms with E-state index in [9.17, 15) is 5.11 Å². The number of nitrogens with one attached hydrogen (secondary N) is 1. The fourth-order valence-corrected chi connectivity index (χ4v) is 1.78. The molecule has 1 atom stereocenters. The van der Waals surface area contributed by atoms with Gasteiger partial charge in [0.05, 0.1) is 17.5 Å². The van der Waals surface area contributed by atoms with Gasteiger partial charge in [-0.3, -0.25) is 9.97 Å². The molecule has 0 radical (unpaired) electrons. The fraction of sp³-hybridized carbons (Fsp3) is 0.286. The van der Waals surface area contributed by atoms with Crippen molar-refractivity contribution in [2.45, 2.75) is 19.6 Å². The van der Waals surface area contributed by atoms with Crippen LogP contribution in [-0.4, -0.2) is 21.6 Å². The van der Waals surface area contributed by atoms with Gasteiger partial charge in [0.1, 0.15) is 0 Å². The van der Waals surface area contributed by atoms with Crippen molar-refractivity contribution in [3.8, 4) is 0 Å². The monoisotopic (exact) mass is 277 g/mol. The minimum Gasteiger partial charge on any atom is -0.387 e. The van der Waals surface area contributed by atoms with Gasteiger partial charge in [-0.15, -0.1) is 0 Å². The summed E-state index contributed by atoms with van der Waals surface area (Å²) >= 11 is 5.80. The van der Waals surface area contributed by atoms with Crippen molar-refractivity contribution in [2.75, 3.05) is 6.54 Å². The van der Waals surface area contributed by atoms with E-state index in [1.165, 1.54) is 0 Å². The molecule has 4 nitrogen and oxygen atoms in total. The van der Waals surface area contributed by atoms with Crippen molar-refractivity contribution in [3.05, 3.63) is 58.6 Å². The molecule has 0 aliphatic rings. The van der Waals surface area contributed by atoms with E-state index in [0.717, 1.165) is 17.0 Å². The van der Waals surface area contributed by atoms with E-state index in [2.05, 4.69) is 15.3 Å². The molecule has 2 aromatic rings. The highest BCUT2D eigenvalue weighted by Gasteiger charge is 2.06. The molecule has 19 heavy (non-hydrogen) atoms. The summed E-state index contributed by atoms with van der Waals surface area (Å²) < 4.78 is 0. The molecule has 0 fully saturated rings. The van der Waals surface area contributed by atoms with Crippen LogP contribution in [0.5, 0.6) is 0 Å². The van der Waals surface area contributed by atoms with E-state index >= 15 is 0 Å². The van der Waals surface area contributed by atoms with Crippen LogP contribution >= 0.6 is 11.6 Å². The summed E-state index contributed by atoms with van der Waals surface area (Å²) in [5, 5.41) is 13.8. The maximum absolute atomic E-state index is 9.99. The van der Waals surface area contributed by atoms with Crippen LogP contribution in [0.1, 0.15) is 23.1 Å². The molecule has 0 saturated heterocycles. The number of rotatable bonds is 5. The normalized spacial score (nSPS) is 12.4. The first-order chi connectivity index (χ1) is 9.15. The van der Waals surface area contributed by atoms with Crippen molar-refractivity contribution < 1.29 is 5.11 Å². The molecule has 1 unspecified atom stereocenters. The average Bonchev–Trinajstić information content (AvgIpc) is 2.41. The highest BCUT2D eigenvalue weighted by Crippen LogP contribution is 2.15. The van der Waals surface area contributed by atoms with E-state index in [0.29, 0.717) is 18.1 Å². The number of aliphatic hydroxyl groups excluding tert-OH is 1. The van der Waals surface area contributed by atoms with Gasteiger partial charge < -0.3 is 10.4 Å². The summed E-state index contributed by atoms with van der Waals surface area (Å²) in [5.41, 5.74) is 2.59. The van der Waals surface area contributed by atoms with E-state index in [-0.39, 0.29) is 0 Å². The van der Waals surface area contributed by atoms with Crippen molar-refractivity contribution >= 4 is 11.6 Å². The predicted molar refractivity (Wildman–Crippen MR) is 74.9 cm³/mol. The Morgan fingerprint density at radius 2 is 1.95 bits per heavy atom. The fourth-order valence-electron chi connectivity index (χ4n) is 1.65. The number of hydrogen-bond donors (Lipinski definition) is 2. The molecule has 0 spiro atoms. The molecule has 0 saturated carbocycles. The first-order valence-electron chi connectivity index (χ1n) is 6.07. The molecule has 0 amide bonds. The van der Waals surface area contributed by atoms with Crippen LogP contribution in [0, 0.1) is 6.92 Å². The van der Waals surface area contributed by atoms with Gasteiger partial charge in [0.25, 0.3) is 0 Å². The minimum absolute atomic E-state index is 0.456. The summed E-state index contributed by atoms with van der Waals surface area (Å²) in [5.74, 6) is 0. The van der Waals surface area contributed by atoms with Gasteiger partial charge in [0.15, 0.2) is 0 Å². The molecule has 0 aliphatic carbocycles. The van der Waals surface area contributed by atoms with Crippen LogP contribution in [0.3, 0.4) is 0 Å². The molecular weight excluding hydrogens is 262 g/mol. The number of benzene rings is 1. The quantitative estimate of drug-likeness (QED) is 0.880. The van der Waals surface area contributed by atoms with Crippen LogP contribution in [-0.2, 0) is 6.54 Å². The average molecular weight is 278 g/mol. The molecule has 1 aromatic carbocycles. The van der Waals surface area contributed by atoms with Gasteiger partial charge in [0, 0.05) is 30.5 Å². The third-order valence-corrected chi connectivity index (χ3v) is 2.98. The highest BCUT2D eigenvalue weighted by molar-refractivity contribution is 6.30. The standard InChI is InChI=1S/C14H16ClN3O/c1-10-6-18-13(8-17-10)7-16-9-14(19)11-2-4-12(15)5-3-11/h2-6,8,14,16,19H,7,9H2,1H3. The zero-order chi connectivity index (χ0) is 13.7. The Bertz CT molecular complexity index is 513. The predicted octanol–water partition coefficient (Wildman–Crippen LogP) is 2.26. The highest BCUT2D eigenvalue weighted by atomic mass is 35.5. The number of aromatic nitrogens is 2. The molecule has 2 rings (SSSR count). The van der Waals surface area contributed by atoms with E-state index < -0.39 is 6.10 Å². The van der Waals surface area contributed by atoms with Gasteiger partial charge in [-0.1, -0.05) is 23.7 Å². The third kappa shape index (κ3) is 4.28. The molecule has 5 heteroatoms. The molecule has 0 aliphatic heterocycles. The number of aryl methyl sites for hydroxylation is 1. The second-order valence-corrected chi connectivity index (χ2v) is 4.78. The summed E-state index contributed by atoms with van der Waals surface area (Å²) in [7, 11) is 0. The van der Waals surface area contributed by atoms with Crippen molar-refractivity contribution in [3.63, 3.8) is 0 Å². The lowest BCUT2D eigenvalue weighted by molar-refractivity contribution is 0.174. The van der Waals surface area contributed by atoms with Gasteiger partial charge in [-0.05, 0) is 24.6 Å². The molecule has 0 bridgehead atoms. The lowest BCUT2D eigenvalue weighted by atomic mass is 10.1. The second kappa shape index (κ2) is 6.61. The van der Waals surface area contributed by atoms with Gasteiger partial charge in [0.2, 0.25) is 0 Å². The Hall–Kier alpha value is -1.49. The topological polar surface area (TPSA) is 58.0 Å². The Labute approximate surface area is 117 Å². The van der Waals surface area contributed by atoms with Crippen molar-refractivity contribution in [2.24, 2.45) is 0 Å². The third-order valence-electron chi connectivity index (χ3n) is 2.73. The zero-order valence-corrected chi connectivity index (χ0v) is 11.4. The Balaban J connectivity index is 1.82. The lowest BCUT2D eigenvalue weighted by Gasteiger charge is -2.12. The molecule has 2 N–H and O–H groups in total. The lowest BCUT2D eigenvalue weighted by Crippen LogP contribution is -2.21. The van der Waals surface area contributed by atoms with Crippen molar-refractivity contribution in [1.82, 2.24) is 15.3 Å². The second-order valence-electron chi connectivity index (χ2n) is 4.35. The molecule has 1 aromatic heterocycles. The SMILES string of the molecule is Cc1cnc(CNCC(O)c2ccc(Cl)cc2)cn1. The molecule has 100 valence electrons. The Morgan fingerprint density at radius 3 is 2.58 bits per heavy atom. The Morgan fingerprint density at radius 1 is 1.21 bits per heavy atom. The van der Waals surface area contributed by atoms with Crippen LogP contribution in [0.25, 0.3) is 0 Å². The van der Waals surface area contributed by atoms with E-state index in [1.807, 2.05) is 19.1 Å². The summed E-state index contributed by atoms with van der Waals surface area (Å²) in [6, 6.07) is 7.18. The maximum Gasteiger partial charge on any atom is 0.0914 e. The van der Waals surface area contributed by atoms with Crippen LogP contribution in [0.15, 0.2) is 36.7 Å². The number of nitrogens with zero attached hydrogens (tertiary/aromatic N) is 2. The first kappa shape index (κ1) is 13.9. The summed E-state index contributed by atoms with van der Waals surface area (Å²) in [6.07, 6.45) is 2.90. The van der Waals surface area contributed by atoms with E-state index in [1.54, 1.807) is 24.5 Å². The number of aliphatic hydroxyl groups is 1. The molecule has 1 heterocycles. The summed E-state index contributed by atoms with van der Waals surface area (Å²) in [6.45, 7) is 2.93. The van der Waals surface area contributed by atoms with Crippen LogP contribution < -0.4 is 5.32 Å². The van der Waals surface area contributed by atoms with Crippen molar-refractivity contribution in [1.29, 1.82) is 0 Å². The smallest absolute Gasteiger partial charge is 0.0914 e. The van der Waals surface area contributed by atoms with Crippen LogP contribution in [0.4, 0.5) is 0 Å². The van der Waals surface area contributed by atoms with Gasteiger partial charge in [-0.25, -0.2) is 0 Å². The first-order valence-corrected chi connectivity index (χ1v) is 6.45. The van der Waals surface area contributed by atoms with E-state index in [4.69, 9.17) is 11.6 Å². The largest absolute Gasteiger partial charge is 0.387 e. The van der Waals surface area contributed by atoms with Gasteiger partial charge in [-0.2, -0.15) is 0 Å². The van der Waals surface area contributed by atoms with Crippen LogP contribution in [0.2, 0.25) is 5.02 Å². The molecular formula is C14H16ClN3O. The Kier molecular flexibility index (Phi) is 4.85. The number of halogens is 1. The minimum atomic E-state index is -0.560. The number of hydrogen-bond acceptors (Lipinski definition) is 4. The summed E-state index contributed by atoms with van der Waals surface area (Å²) in [4.78, 5) is 8.40. The maximum atomic E-state index is 9.99.